The van der Waals surface area contributed by atoms with Crippen LogP contribution in [0.5, 0.6) is 0 Å². The standard InChI is InChI=1S/C15H17N5/c1-20(2)15-13(6-4-8-17-15)18-9-11-10-19-14-12(11)5-3-7-16-14/h3-8,10,18H,9H2,1-2H3,(H,16,19). The first-order chi connectivity index (χ1) is 9.75. The topological polar surface area (TPSA) is 56.8 Å². The lowest BCUT2D eigenvalue weighted by Gasteiger charge is -2.16. The van der Waals surface area contributed by atoms with E-state index in [1.54, 1.807) is 12.4 Å². The van der Waals surface area contributed by atoms with Crippen molar-refractivity contribution in [3.63, 3.8) is 0 Å². The normalized spacial score (nSPS) is 10.7. The van der Waals surface area contributed by atoms with Crippen molar-refractivity contribution in [3.8, 4) is 0 Å². The molecule has 0 saturated carbocycles. The predicted octanol–water partition coefficient (Wildman–Crippen LogP) is 2.64. The first-order valence-corrected chi connectivity index (χ1v) is 6.53. The number of aromatic nitrogens is 3. The van der Waals surface area contributed by atoms with Crippen LogP contribution < -0.4 is 10.2 Å². The monoisotopic (exact) mass is 267 g/mol. The van der Waals surface area contributed by atoms with Crippen LogP contribution in [0.4, 0.5) is 11.5 Å². The Kier molecular flexibility index (Phi) is 3.25. The van der Waals surface area contributed by atoms with Crippen molar-refractivity contribution in [2.75, 3.05) is 24.3 Å². The summed E-state index contributed by atoms with van der Waals surface area (Å²) in [6, 6.07) is 8.00. The molecule has 20 heavy (non-hydrogen) atoms. The molecule has 5 heteroatoms. The molecule has 0 aliphatic heterocycles. The zero-order valence-corrected chi connectivity index (χ0v) is 11.6. The molecule has 5 nitrogen and oxygen atoms in total. The van der Waals surface area contributed by atoms with Gasteiger partial charge in [-0.1, -0.05) is 0 Å². The van der Waals surface area contributed by atoms with Crippen LogP contribution in [-0.4, -0.2) is 29.0 Å². The largest absolute Gasteiger partial charge is 0.378 e. The molecule has 0 aliphatic rings. The molecule has 0 spiro atoms. The summed E-state index contributed by atoms with van der Waals surface area (Å²) < 4.78 is 0. The maximum Gasteiger partial charge on any atom is 0.151 e. The number of hydrogen-bond acceptors (Lipinski definition) is 4. The summed E-state index contributed by atoms with van der Waals surface area (Å²) >= 11 is 0. The van der Waals surface area contributed by atoms with E-state index in [1.165, 1.54) is 5.56 Å². The molecule has 3 heterocycles. The number of nitrogens with zero attached hydrogens (tertiary/aromatic N) is 3. The summed E-state index contributed by atoms with van der Waals surface area (Å²) in [4.78, 5) is 13.9. The maximum absolute atomic E-state index is 4.38. The van der Waals surface area contributed by atoms with Gasteiger partial charge in [-0.05, 0) is 29.8 Å². The number of pyridine rings is 2. The third kappa shape index (κ3) is 2.30. The fraction of sp³-hybridized carbons (Fsp3) is 0.200. The first kappa shape index (κ1) is 12.5. The molecule has 3 aromatic rings. The molecule has 0 atom stereocenters. The molecule has 0 radical (unpaired) electrons. The smallest absolute Gasteiger partial charge is 0.151 e. The maximum atomic E-state index is 4.38. The van der Waals surface area contributed by atoms with Crippen LogP contribution in [-0.2, 0) is 6.54 Å². The van der Waals surface area contributed by atoms with Gasteiger partial charge in [0.1, 0.15) is 5.65 Å². The van der Waals surface area contributed by atoms with Gasteiger partial charge in [0, 0.05) is 44.6 Å². The Bertz CT molecular complexity index is 717. The number of nitrogens with one attached hydrogen (secondary N) is 2. The second kappa shape index (κ2) is 5.21. The average molecular weight is 267 g/mol. The number of anilines is 2. The summed E-state index contributed by atoms with van der Waals surface area (Å²) in [6.07, 6.45) is 5.59. The van der Waals surface area contributed by atoms with Crippen molar-refractivity contribution >= 4 is 22.5 Å². The lowest BCUT2D eigenvalue weighted by molar-refractivity contribution is 1.05. The Morgan fingerprint density at radius 2 is 1.95 bits per heavy atom. The fourth-order valence-corrected chi connectivity index (χ4v) is 2.24. The summed E-state index contributed by atoms with van der Waals surface area (Å²) in [5, 5.41) is 4.59. The Hall–Kier alpha value is -2.56. The van der Waals surface area contributed by atoms with E-state index in [-0.39, 0.29) is 0 Å². The summed E-state index contributed by atoms with van der Waals surface area (Å²) in [5.41, 5.74) is 3.14. The summed E-state index contributed by atoms with van der Waals surface area (Å²) in [6.45, 7) is 0.734. The highest BCUT2D eigenvalue weighted by atomic mass is 15.2. The number of fused-ring (bicyclic) bond motifs is 1. The second-order valence-corrected chi connectivity index (χ2v) is 4.84. The minimum absolute atomic E-state index is 0.734. The number of hydrogen-bond donors (Lipinski definition) is 2. The van der Waals surface area contributed by atoms with Gasteiger partial charge in [0.15, 0.2) is 5.82 Å². The van der Waals surface area contributed by atoms with Gasteiger partial charge in [-0.15, -0.1) is 0 Å². The molecule has 0 saturated heterocycles. The second-order valence-electron chi connectivity index (χ2n) is 4.84. The van der Waals surface area contributed by atoms with Gasteiger partial charge < -0.3 is 15.2 Å². The highest BCUT2D eigenvalue weighted by Gasteiger charge is 2.07. The van der Waals surface area contributed by atoms with Crippen molar-refractivity contribution in [3.05, 3.63) is 48.4 Å². The third-order valence-corrected chi connectivity index (χ3v) is 3.22. The third-order valence-electron chi connectivity index (χ3n) is 3.22. The lowest BCUT2D eigenvalue weighted by atomic mass is 10.2. The average Bonchev–Trinajstić information content (AvgIpc) is 2.88. The van der Waals surface area contributed by atoms with Gasteiger partial charge in [0.2, 0.25) is 0 Å². The van der Waals surface area contributed by atoms with Gasteiger partial charge in [-0.2, -0.15) is 0 Å². The molecule has 2 N–H and O–H groups in total. The van der Waals surface area contributed by atoms with Crippen molar-refractivity contribution in [2.24, 2.45) is 0 Å². The Morgan fingerprint density at radius 3 is 2.80 bits per heavy atom. The molecule has 0 fully saturated rings. The van der Waals surface area contributed by atoms with Crippen LogP contribution in [0.1, 0.15) is 5.56 Å². The molecular formula is C15H17N5. The van der Waals surface area contributed by atoms with E-state index in [0.717, 1.165) is 29.1 Å². The first-order valence-electron chi connectivity index (χ1n) is 6.53. The Balaban J connectivity index is 1.83. The highest BCUT2D eigenvalue weighted by molar-refractivity contribution is 5.80. The molecule has 0 amide bonds. The minimum atomic E-state index is 0.734. The molecule has 3 rings (SSSR count). The summed E-state index contributed by atoms with van der Waals surface area (Å²) in [7, 11) is 3.98. The van der Waals surface area contributed by atoms with E-state index in [2.05, 4.69) is 26.3 Å². The zero-order valence-electron chi connectivity index (χ0n) is 11.6. The van der Waals surface area contributed by atoms with Crippen LogP contribution in [0.25, 0.3) is 11.0 Å². The lowest BCUT2D eigenvalue weighted by Crippen LogP contribution is -2.13. The van der Waals surface area contributed by atoms with E-state index in [0.29, 0.717) is 0 Å². The van der Waals surface area contributed by atoms with Crippen LogP contribution >= 0.6 is 0 Å². The predicted molar refractivity (Wildman–Crippen MR) is 82.0 cm³/mol. The van der Waals surface area contributed by atoms with Crippen molar-refractivity contribution in [2.45, 2.75) is 6.54 Å². The van der Waals surface area contributed by atoms with E-state index in [9.17, 15) is 0 Å². The number of H-pyrrole nitrogens is 1. The van der Waals surface area contributed by atoms with E-state index in [4.69, 9.17) is 0 Å². The minimum Gasteiger partial charge on any atom is -0.378 e. The molecule has 3 aromatic heterocycles. The summed E-state index contributed by atoms with van der Waals surface area (Å²) in [5.74, 6) is 0.936. The van der Waals surface area contributed by atoms with Gasteiger partial charge >= 0.3 is 0 Å². The van der Waals surface area contributed by atoms with Gasteiger partial charge in [0.05, 0.1) is 5.69 Å². The van der Waals surface area contributed by atoms with E-state index in [1.807, 2.05) is 43.4 Å². The molecular weight excluding hydrogens is 250 g/mol. The number of aromatic amines is 1. The van der Waals surface area contributed by atoms with Crippen molar-refractivity contribution in [1.82, 2.24) is 15.0 Å². The Labute approximate surface area is 117 Å². The van der Waals surface area contributed by atoms with Crippen molar-refractivity contribution < 1.29 is 0 Å². The van der Waals surface area contributed by atoms with Crippen LogP contribution in [0.15, 0.2) is 42.9 Å². The zero-order chi connectivity index (χ0) is 13.9. The molecule has 102 valence electrons. The fourth-order valence-electron chi connectivity index (χ4n) is 2.24. The van der Waals surface area contributed by atoms with Crippen LogP contribution in [0.2, 0.25) is 0 Å². The van der Waals surface area contributed by atoms with Crippen molar-refractivity contribution in [1.29, 1.82) is 0 Å². The highest BCUT2D eigenvalue weighted by Crippen LogP contribution is 2.22. The Morgan fingerprint density at radius 1 is 1.15 bits per heavy atom. The van der Waals surface area contributed by atoms with Gasteiger partial charge in [-0.25, -0.2) is 9.97 Å². The molecule has 0 unspecified atom stereocenters. The molecule has 0 aromatic carbocycles. The van der Waals surface area contributed by atoms with Gasteiger partial charge in [0.25, 0.3) is 0 Å². The van der Waals surface area contributed by atoms with Crippen LogP contribution in [0, 0.1) is 0 Å². The molecule has 0 aliphatic carbocycles. The van der Waals surface area contributed by atoms with Gasteiger partial charge in [-0.3, -0.25) is 0 Å². The SMILES string of the molecule is CN(C)c1ncccc1NCc1c[nH]c2ncccc12. The quantitative estimate of drug-likeness (QED) is 0.763. The van der Waals surface area contributed by atoms with E-state index >= 15 is 0 Å². The number of rotatable bonds is 4. The molecule has 0 bridgehead atoms. The van der Waals surface area contributed by atoms with E-state index < -0.39 is 0 Å². The van der Waals surface area contributed by atoms with Crippen LogP contribution in [0.3, 0.4) is 0 Å².